The number of nitrogens with one attached hydrogen (secondary N) is 2. The van der Waals surface area contributed by atoms with Crippen molar-refractivity contribution in [3.05, 3.63) is 47.1 Å². The molecule has 0 radical (unpaired) electrons. The van der Waals surface area contributed by atoms with Gasteiger partial charge in [0.25, 0.3) is 0 Å². The first-order chi connectivity index (χ1) is 20.3. The van der Waals surface area contributed by atoms with Crippen molar-refractivity contribution >= 4 is 51.5 Å². The number of amides is 1. The summed E-state index contributed by atoms with van der Waals surface area (Å²) < 4.78 is 22.3. The SMILES string of the molecule is C=CC(=O)N[C@H]1COC[C@H]1Nc1cc2c(N3CC4(CCOCC4)C3)nc(-c3c(Cl)c(OC)cc(OC)c3Cl)cc2cn1. The highest BCUT2D eigenvalue weighted by Gasteiger charge is 2.45. The summed E-state index contributed by atoms with van der Waals surface area (Å²) in [4.78, 5) is 24.1. The monoisotopic (exact) mass is 613 g/mol. The molecule has 0 aliphatic carbocycles. The third-order valence-corrected chi connectivity index (χ3v) is 9.11. The van der Waals surface area contributed by atoms with Crippen molar-refractivity contribution in [2.45, 2.75) is 24.9 Å². The van der Waals surface area contributed by atoms with Gasteiger partial charge in [0.1, 0.15) is 23.1 Å². The molecular formula is C30H33Cl2N5O5. The maximum Gasteiger partial charge on any atom is 0.243 e. The molecule has 12 heteroatoms. The maximum absolute atomic E-state index is 11.9. The number of methoxy groups -OCH3 is 2. The van der Waals surface area contributed by atoms with E-state index in [0.717, 1.165) is 55.7 Å². The van der Waals surface area contributed by atoms with Gasteiger partial charge in [-0.25, -0.2) is 9.97 Å². The van der Waals surface area contributed by atoms with Crippen LogP contribution in [0.3, 0.4) is 0 Å². The van der Waals surface area contributed by atoms with E-state index in [1.807, 2.05) is 18.3 Å². The van der Waals surface area contributed by atoms with Gasteiger partial charge in [-0.3, -0.25) is 4.79 Å². The molecule has 2 aromatic heterocycles. The molecule has 3 fully saturated rings. The standard InChI is InChI=1S/C30H33Cl2N5O5/c1-4-25(38)35-21-14-42-13-20(21)34-24-10-18-17(12-33-24)9-19(26-27(31)22(39-2)11-23(40-3)28(26)32)36-29(18)37-15-30(16-37)5-7-41-8-6-30/h4,9-12,20-21H,1,5-8,13-16H2,2-3H3,(H,33,34)(H,35,38)/t20-,21+/m1/s1. The van der Waals surface area contributed by atoms with E-state index < -0.39 is 0 Å². The molecule has 5 heterocycles. The molecule has 2 N–H and O–H groups in total. The van der Waals surface area contributed by atoms with Crippen molar-refractivity contribution in [1.29, 1.82) is 0 Å². The predicted molar refractivity (Wildman–Crippen MR) is 163 cm³/mol. The second-order valence-electron chi connectivity index (χ2n) is 11.0. The number of hydrogen-bond acceptors (Lipinski definition) is 9. The number of carbonyl (C=O) groups excluding carboxylic acids is 1. The van der Waals surface area contributed by atoms with Gasteiger partial charge in [-0.2, -0.15) is 0 Å². The van der Waals surface area contributed by atoms with Crippen LogP contribution >= 0.6 is 23.2 Å². The van der Waals surface area contributed by atoms with E-state index in [2.05, 4.69) is 22.1 Å². The molecular weight excluding hydrogens is 581 g/mol. The van der Waals surface area contributed by atoms with Crippen LogP contribution < -0.4 is 25.0 Å². The molecule has 0 unspecified atom stereocenters. The second kappa shape index (κ2) is 11.8. The zero-order valence-corrected chi connectivity index (χ0v) is 25.1. The first kappa shape index (κ1) is 28.8. The van der Waals surface area contributed by atoms with Crippen molar-refractivity contribution in [3.8, 4) is 22.8 Å². The zero-order chi connectivity index (χ0) is 29.4. The number of fused-ring (bicyclic) bond motifs is 1. The van der Waals surface area contributed by atoms with Crippen LogP contribution in [0, 0.1) is 5.41 Å². The van der Waals surface area contributed by atoms with Crippen molar-refractivity contribution < 1.29 is 23.7 Å². The molecule has 0 saturated carbocycles. The Balaban J connectivity index is 1.41. The van der Waals surface area contributed by atoms with Gasteiger partial charge in [-0.15, -0.1) is 0 Å². The first-order valence-electron chi connectivity index (χ1n) is 13.9. The van der Waals surface area contributed by atoms with Crippen LogP contribution in [0.4, 0.5) is 11.6 Å². The van der Waals surface area contributed by atoms with E-state index in [1.54, 1.807) is 20.3 Å². The van der Waals surface area contributed by atoms with E-state index in [1.165, 1.54) is 6.08 Å². The van der Waals surface area contributed by atoms with E-state index in [-0.39, 0.29) is 23.4 Å². The number of nitrogens with zero attached hydrogens (tertiary/aromatic N) is 3. The lowest BCUT2D eigenvalue weighted by molar-refractivity contribution is -0.117. The number of anilines is 2. The van der Waals surface area contributed by atoms with Crippen LogP contribution in [-0.2, 0) is 14.3 Å². The number of benzene rings is 1. The highest BCUT2D eigenvalue weighted by molar-refractivity contribution is 6.41. The molecule has 1 spiro atoms. The fourth-order valence-electron chi connectivity index (χ4n) is 5.99. The van der Waals surface area contributed by atoms with Crippen LogP contribution in [0.25, 0.3) is 22.0 Å². The smallest absolute Gasteiger partial charge is 0.243 e. The van der Waals surface area contributed by atoms with Crippen molar-refractivity contribution in [3.63, 3.8) is 0 Å². The number of pyridine rings is 2. The Labute approximate surface area is 254 Å². The van der Waals surface area contributed by atoms with E-state index in [4.69, 9.17) is 52.1 Å². The zero-order valence-electron chi connectivity index (χ0n) is 23.5. The third-order valence-electron chi connectivity index (χ3n) is 8.36. The molecule has 3 aliphatic heterocycles. The largest absolute Gasteiger partial charge is 0.495 e. The summed E-state index contributed by atoms with van der Waals surface area (Å²) >= 11 is 13.6. The molecule has 222 valence electrons. The molecule has 42 heavy (non-hydrogen) atoms. The van der Waals surface area contributed by atoms with Gasteiger partial charge in [-0.05, 0) is 31.1 Å². The molecule has 1 amide bonds. The summed E-state index contributed by atoms with van der Waals surface area (Å²) in [5, 5.41) is 8.88. The Kier molecular flexibility index (Phi) is 8.06. The normalized spacial score (nSPS) is 21.2. The van der Waals surface area contributed by atoms with Crippen molar-refractivity contribution in [2.24, 2.45) is 5.41 Å². The van der Waals surface area contributed by atoms with Crippen LogP contribution in [0.2, 0.25) is 10.0 Å². The van der Waals surface area contributed by atoms with Crippen LogP contribution in [0.1, 0.15) is 12.8 Å². The van der Waals surface area contributed by atoms with Crippen LogP contribution in [0.15, 0.2) is 37.1 Å². The molecule has 2 atom stereocenters. The average molecular weight is 615 g/mol. The average Bonchev–Trinajstić information content (AvgIpc) is 3.42. The van der Waals surface area contributed by atoms with E-state index >= 15 is 0 Å². The van der Waals surface area contributed by atoms with Gasteiger partial charge in [0.2, 0.25) is 5.91 Å². The second-order valence-corrected chi connectivity index (χ2v) is 11.7. The number of hydrogen-bond donors (Lipinski definition) is 2. The highest BCUT2D eigenvalue weighted by atomic mass is 35.5. The summed E-state index contributed by atoms with van der Waals surface area (Å²) in [7, 11) is 3.10. The van der Waals surface area contributed by atoms with Gasteiger partial charge in [0.15, 0.2) is 0 Å². The Hall–Kier alpha value is -3.31. The fourth-order valence-corrected chi connectivity index (χ4v) is 6.69. The third kappa shape index (κ3) is 5.32. The van der Waals surface area contributed by atoms with Crippen LogP contribution in [-0.4, -0.2) is 81.7 Å². The Morgan fingerprint density at radius 1 is 1.07 bits per heavy atom. The Morgan fingerprint density at radius 3 is 2.43 bits per heavy atom. The number of halogens is 2. The quantitative estimate of drug-likeness (QED) is 0.349. The van der Waals surface area contributed by atoms with Crippen LogP contribution in [0.5, 0.6) is 11.5 Å². The summed E-state index contributed by atoms with van der Waals surface area (Å²) in [6, 6.07) is 5.24. The minimum atomic E-state index is -0.242. The fraction of sp³-hybridized carbons (Fsp3) is 0.433. The van der Waals surface area contributed by atoms with E-state index in [9.17, 15) is 4.79 Å². The number of ether oxygens (including phenoxy) is 4. The van der Waals surface area contributed by atoms with E-state index in [0.29, 0.717) is 51.8 Å². The molecule has 6 rings (SSSR count). The lowest BCUT2D eigenvalue weighted by Crippen LogP contribution is -2.58. The summed E-state index contributed by atoms with van der Waals surface area (Å²) in [5.74, 6) is 2.12. The van der Waals surface area contributed by atoms with Gasteiger partial charge < -0.3 is 34.5 Å². The molecule has 3 saturated heterocycles. The lowest BCUT2D eigenvalue weighted by Gasteiger charge is -2.53. The van der Waals surface area contributed by atoms with Gasteiger partial charge >= 0.3 is 0 Å². The van der Waals surface area contributed by atoms with Crippen molar-refractivity contribution in [2.75, 3.05) is 64.0 Å². The molecule has 10 nitrogen and oxygen atoms in total. The molecule has 3 aromatic rings. The number of carbonyl (C=O) groups is 1. The molecule has 0 bridgehead atoms. The topological polar surface area (TPSA) is 107 Å². The maximum atomic E-state index is 11.9. The minimum Gasteiger partial charge on any atom is -0.495 e. The first-order valence-corrected chi connectivity index (χ1v) is 14.6. The van der Waals surface area contributed by atoms with Gasteiger partial charge in [0, 0.05) is 60.3 Å². The van der Waals surface area contributed by atoms with Crippen molar-refractivity contribution in [1.82, 2.24) is 15.3 Å². The van der Waals surface area contributed by atoms with Gasteiger partial charge in [0.05, 0.1) is 55.3 Å². The predicted octanol–water partition coefficient (Wildman–Crippen LogP) is 4.72. The summed E-state index contributed by atoms with van der Waals surface area (Å²) in [6.45, 7) is 7.71. The summed E-state index contributed by atoms with van der Waals surface area (Å²) in [6.07, 6.45) is 5.12. The summed E-state index contributed by atoms with van der Waals surface area (Å²) in [5.41, 5.74) is 1.35. The molecule has 3 aliphatic rings. The van der Waals surface area contributed by atoms with Gasteiger partial charge in [-0.1, -0.05) is 29.8 Å². The Morgan fingerprint density at radius 2 is 1.76 bits per heavy atom. The highest BCUT2D eigenvalue weighted by Crippen LogP contribution is 2.48. The number of aromatic nitrogens is 2. The number of rotatable bonds is 8. The Bertz CT molecular complexity index is 1490. The lowest BCUT2D eigenvalue weighted by atomic mass is 9.73. The molecule has 1 aromatic carbocycles. The minimum absolute atomic E-state index is 0.147.